The second-order valence-corrected chi connectivity index (χ2v) is 6.63. The van der Waals surface area contributed by atoms with E-state index in [1.807, 2.05) is 48.5 Å². The number of alkyl carbamates (subject to hydrolysis) is 1. The van der Waals surface area contributed by atoms with Gasteiger partial charge in [-0.1, -0.05) is 48.5 Å². The van der Waals surface area contributed by atoms with Crippen molar-refractivity contribution >= 4 is 18.0 Å². The maximum absolute atomic E-state index is 12.2. The third-order valence-electron chi connectivity index (χ3n) is 4.71. The summed E-state index contributed by atoms with van der Waals surface area (Å²) in [6.07, 6.45) is 0.610. The van der Waals surface area contributed by atoms with Crippen LogP contribution in [0, 0.1) is 0 Å². The SMILES string of the molecule is CC(/C=C/C(=O)O)(NC(=O)OCC1c2ccccc2-c2ccccc21)C(=O)O. The van der Waals surface area contributed by atoms with Crippen LogP contribution in [0.4, 0.5) is 4.79 Å². The zero-order valence-corrected chi connectivity index (χ0v) is 15.1. The minimum absolute atomic E-state index is 0.0260. The molecule has 1 amide bonds. The van der Waals surface area contributed by atoms with E-state index < -0.39 is 23.6 Å². The van der Waals surface area contributed by atoms with Gasteiger partial charge in [0.25, 0.3) is 0 Å². The lowest BCUT2D eigenvalue weighted by atomic mass is 9.98. The van der Waals surface area contributed by atoms with Crippen LogP contribution in [-0.2, 0) is 14.3 Å². The third kappa shape index (κ3) is 3.73. The quantitative estimate of drug-likeness (QED) is 0.663. The van der Waals surface area contributed by atoms with Gasteiger partial charge in [0.05, 0.1) is 0 Å². The summed E-state index contributed by atoms with van der Waals surface area (Å²) < 4.78 is 5.30. The van der Waals surface area contributed by atoms with Gasteiger partial charge in [0, 0.05) is 12.0 Å². The standard InChI is InChI=1S/C21H19NO6/c1-21(19(25)26,11-10-18(23)24)22-20(27)28-12-17-15-8-4-2-6-13(15)14-7-3-5-9-16(14)17/h2-11,17H,12H2,1H3,(H,22,27)(H,23,24)(H,25,26)/b11-10+. The van der Waals surface area contributed by atoms with E-state index in [0.29, 0.717) is 6.08 Å². The topological polar surface area (TPSA) is 113 Å². The molecular formula is C21H19NO6. The Balaban J connectivity index is 1.74. The van der Waals surface area contributed by atoms with Gasteiger partial charge in [0.2, 0.25) is 0 Å². The Hall–Kier alpha value is -3.61. The molecule has 144 valence electrons. The Kier molecular flexibility index (Phi) is 5.17. The van der Waals surface area contributed by atoms with Gasteiger partial charge < -0.3 is 20.3 Å². The van der Waals surface area contributed by atoms with Gasteiger partial charge in [-0.3, -0.25) is 0 Å². The smallest absolute Gasteiger partial charge is 0.408 e. The van der Waals surface area contributed by atoms with Crippen molar-refractivity contribution in [2.45, 2.75) is 18.4 Å². The first kappa shape index (κ1) is 19.2. The number of ether oxygens (including phenoxy) is 1. The first-order valence-corrected chi connectivity index (χ1v) is 8.60. The minimum atomic E-state index is -1.90. The molecule has 1 aliphatic rings. The van der Waals surface area contributed by atoms with Gasteiger partial charge in [-0.25, -0.2) is 14.4 Å². The maximum Gasteiger partial charge on any atom is 0.408 e. The molecule has 0 heterocycles. The normalized spacial score (nSPS) is 14.8. The lowest BCUT2D eigenvalue weighted by Crippen LogP contribution is -2.51. The van der Waals surface area contributed by atoms with Gasteiger partial charge in [-0.2, -0.15) is 0 Å². The summed E-state index contributed by atoms with van der Waals surface area (Å²) >= 11 is 0. The van der Waals surface area contributed by atoms with Crippen molar-refractivity contribution in [1.29, 1.82) is 0 Å². The van der Waals surface area contributed by atoms with Crippen molar-refractivity contribution in [3.05, 3.63) is 71.8 Å². The number of aliphatic carboxylic acids is 2. The van der Waals surface area contributed by atoms with Gasteiger partial charge >= 0.3 is 18.0 Å². The van der Waals surface area contributed by atoms with E-state index in [1.54, 1.807) is 0 Å². The number of rotatable bonds is 6. The molecule has 2 aromatic rings. The summed E-state index contributed by atoms with van der Waals surface area (Å²) in [6, 6.07) is 15.7. The Labute approximate surface area is 161 Å². The van der Waals surface area contributed by atoms with Crippen molar-refractivity contribution < 1.29 is 29.3 Å². The second-order valence-electron chi connectivity index (χ2n) is 6.63. The van der Waals surface area contributed by atoms with Crippen molar-refractivity contribution in [3.63, 3.8) is 0 Å². The fraction of sp³-hybridized carbons (Fsp3) is 0.190. The molecule has 7 nitrogen and oxygen atoms in total. The molecule has 3 N–H and O–H groups in total. The number of amides is 1. The maximum atomic E-state index is 12.2. The Bertz CT molecular complexity index is 921. The number of nitrogens with one attached hydrogen (secondary N) is 1. The average Bonchev–Trinajstić information content (AvgIpc) is 2.98. The van der Waals surface area contributed by atoms with Crippen LogP contribution < -0.4 is 5.32 Å². The largest absolute Gasteiger partial charge is 0.479 e. The van der Waals surface area contributed by atoms with E-state index in [2.05, 4.69) is 5.32 Å². The summed E-state index contributed by atoms with van der Waals surface area (Å²) in [5, 5.41) is 20.2. The number of benzene rings is 2. The molecule has 0 radical (unpaired) electrons. The first-order valence-electron chi connectivity index (χ1n) is 8.60. The van der Waals surface area contributed by atoms with E-state index in [1.165, 1.54) is 6.92 Å². The molecule has 1 atom stereocenters. The lowest BCUT2D eigenvalue weighted by Gasteiger charge is -2.23. The van der Waals surface area contributed by atoms with Crippen LogP contribution in [0.5, 0.6) is 0 Å². The van der Waals surface area contributed by atoms with Crippen LogP contribution in [0.15, 0.2) is 60.7 Å². The van der Waals surface area contributed by atoms with Crippen molar-refractivity contribution in [2.75, 3.05) is 6.61 Å². The molecule has 3 rings (SSSR count). The van der Waals surface area contributed by atoms with Crippen LogP contribution in [0.2, 0.25) is 0 Å². The lowest BCUT2D eigenvalue weighted by molar-refractivity contribution is -0.141. The fourth-order valence-electron chi connectivity index (χ4n) is 3.25. The molecule has 0 saturated heterocycles. The molecule has 1 unspecified atom stereocenters. The van der Waals surface area contributed by atoms with Gasteiger partial charge in [-0.05, 0) is 35.3 Å². The highest BCUT2D eigenvalue weighted by atomic mass is 16.5. The molecule has 7 heteroatoms. The van der Waals surface area contributed by atoms with Crippen molar-refractivity contribution in [2.24, 2.45) is 0 Å². The van der Waals surface area contributed by atoms with Gasteiger partial charge in [0.1, 0.15) is 6.61 Å². The van der Waals surface area contributed by atoms with Crippen LogP contribution in [0.25, 0.3) is 11.1 Å². The van der Waals surface area contributed by atoms with E-state index in [9.17, 15) is 19.5 Å². The number of carboxylic acid groups (broad SMARTS) is 2. The van der Waals surface area contributed by atoms with E-state index in [4.69, 9.17) is 9.84 Å². The van der Waals surface area contributed by atoms with E-state index >= 15 is 0 Å². The van der Waals surface area contributed by atoms with Crippen LogP contribution in [0.1, 0.15) is 24.0 Å². The van der Waals surface area contributed by atoms with Crippen LogP contribution in [0.3, 0.4) is 0 Å². The van der Waals surface area contributed by atoms with Crippen molar-refractivity contribution in [3.8, 4) is 11.1 Å². The highest BCUT2D eigenvalue weighted by Crippen LogP contribution is 2.44. The molecular weight excluding hydrogens is 362 g/mol. The molecule has 1 aliphatic carbocycles. The molecule has 0 bridgehead atoms. The Morgan fingerprint density at radius 3 is 2.07 bits per heavy atom. The summed E-state index contributed by atoms with van der Waals surface area (Å²) in [5.74, 6) is -2.89. The van der Waals surface area contributed by atoms with E-state index in [0.717, 1.165) is 28.3 Å². The van der Waals surface area contributed by atoms with Crippen LogP contribution in [-0.4, -0.2) is 40.4 Å². The molecule has 0 saturated carbocycles. The predicted octanol–water partition coefficient (Wildman–Crippen LogP) is 3.01. The molecule has 2 aromatic carbocycles. The number of carbonyl (C=O) groups excluding carboxylic acids is 1. The van der Waals surface area contributed by atoms with E-state index in [-0.39, 0.29) is 12.5 Å². The summed E-state index contributed by atoms with van der Waals surface area (Å²) in [5.41, 5.74) is 2.31. The van der Waals surface area contributed by atoms with Gasteiger partial charge in [-0.15, -0.1) is 0 Å². The highest BCUT2D eigenvalue weighted by molar-refractivity contribution is 5.89. The number of carboxylic acids is 2. The number of hydrogen-bond donors (Lipinski definition) is 3. The summed E-state index contributed by atoms with van der Waals surface area (Å²) in [4.78, 5) is 34.3. The Morgan fingerprint density at radius 2 is 1.57 bits per heavy atom. The highest BCUT2D eigenvalue weighted by Gasteiger charge is 2.34. The molecule has 28 heavy (non-hydrogen) atoms. The summed E-state index contributed by atoms with van der Waals surface area (Å²) in [7, 11) is 0. The zero-order chi connectivity index (χ0) is 20.3. The molecule has 0 aliphatic heterocycles. The van der Waals surface area contributed by atoms with Crippen LogP contribution >= 0.6 is 0 Å². The first-order chi connectivity index (χ1) is 13.3. The number of fused-ring (bicyclic) bond motifs is 3. The third-order valence-corrected chi connectivity index (χ3v) is 4.71. The zero-order valence-electron chi connectivity index (χ0n) is 15.1. The number of carbonyl (C=O) groups is 3. The molecule has 0 spiro atoms. The second kappa shape index (κ2) is 7.56. The average molecular weight is 381 g/mol. The summed E-state index contributed by atoms with van der Waals surface area (Å²) in [6.45, 7) is 1.20. The monoisotopic (exact) mass is 381 g/mol. The fourth-order valence-corrected chi connectivity index (χ4v) is 3.25. The van der Waals surface area contributed by atoms with Gasteiger partial charge in [0.15, 0.2) is 5.54 Å². The van der Waals surface area contributed by atoms with Crippen molar-refractivity contribution in [1.82, 2.24) is 5.32 Å². The number of hydrogen-bond acceptors (Lipinski definition) is 4. The molecule has 0 fully saturated rings. The minimum Gasteiger partial charge on any atom is -0.479 e. The molecule has 0 aromatic heterocycles. The predicted molar refractivity (Wildman–Crippen MR) is 101 cm³/mol. The Morgan fingerprint density at radius 1 is 1.04 bits per heavy atom.